The number of nitrogens with zero attached hydrogens (tertiary/aromatic N) is 4. The predicted octanol–water partition coefficient (Wildman–Crippen LogP) is 3.53. The molecule has 1 aliphatic heterocycles. The summed E-state index contributed by atoms with van der Waals surface area (Å²) in [4.78, 5) is 17.1. The first-order chi connectivity index (χ1) is 15.6. The Morgan fingerprint density at radius 2 is 1.97 bits per heavy atom. The fourth-order valence-electron chi connectivity index (χ4n) is 3.61. The molecular weight excluding hydrogens is 422 g/mol. The van der Waals surface area contributed by atoms with E-state index in [1.165, 1.54) is 11.8 Å². The number of hydrogen-bond donors (Lipinski definition) is 1. The number of rotatable bonds is 7. The van der Waals surface area contributed by atoms with E-state index in [1.54, 1.807) is 0 Å². The van der Waals surface area contributed by atoms with Crippen LogP contribution >= 0.6 is 11.8 Å². The number of aromatic nitrogens is 2. The first kappa shape index (κ1) is 21.9. The molecule has 1 aliphatic rings. The molecule has 0 spiro atoms. The van der Waals surface area contributed by atoms with E-state index in [4.69, 9.17) is 10.8 Å². The number of aryl methyl sites for hydroxylation is 1. The van der Waals surface area contributed by atoms with E-state index in [-0.39, 0.29) is 11.7 Å². The van der Waals surface area contributed by atoms with Crippen LogP contribution in [0.2, 0.25) is 0 Å². The van der Waals surface area contributed by atoms with Crippen molar-refractivity contribution >= 4 is 29.0 Å². The summed E-state index contributed by atoms with van der Waals surface area (Å²) < 4.78 is 5.71. The Bertz CT molecular complexity index is 1120. The van der Waals surface area contributed by atoms with E-state index in [0.717, 1.165) is 48.7 Å². The highest BCUT2D eigenvalue weighted by Gasteiger charge is 2.19. The van der Waals surface area contributed by atoms with E-state index in [0.29, 0.717) is 17.7 Å². The molecule has 4 rings (SSSR count). The number of para-hydroxylation sites is 2. The third-order valence-corrected chi connectivity index (χ3v) is 6.02. The zero-order valence-electron chi connectivity index (χ0n) is 18.0. The molecule has 0 atom stereocenters. The van der Waals surface area contributed by atoms with Gasteiger partial charge >= 0.3 is 0 Å². The molecule has 0 unspecified atom stereocenters. The van der Waals surface area contributed by atoms with Crippen LogP contribution in [0, 0.1) is 19.3 Å². The van der Waals surface area contributed by atoms with Crippen LogP contribution in [-0.4, -0.2) is 59.5 Å². The molecule has 7 nitrogen and oxygen atoms in total. The summed E-state index contributed by atoms with van der Waals surface area (Å²) in [5, 5.41) is 11.5. The molecule has 1 N–H and O–H groups in total. The lowest BCUT2D eigenvalue weighted by Gasteiger charge is -2.36. The summed E-state index contributed by atoms with van der Waals surface area (Å²) >= 11 is 1.22. The van der Waals surface area contributed by atoms with Gasteiger partial charge < -0.3 is 14.6 Å². The summed E-state index contributed by atoms with van der Waals surface area (Å²) in [6.45, 7) is 6.23. The van der Waals surface area contributed by atoms with Crippen molar-refractivity contribution in [2.24, 2.45) is 0 Å². The largest absolute Gasteiger partial charge is 0.411 e. The topological polar surface area (TPSA) is 74.5 Å². The number of carbonyl (C=O) groups excluding carboxylic acids is 1. The van der Waals surface area contributed by atoms with Gasteiger partial charge in [0, 0.05) is 31.7 Å². The Labute approximate surface area is 192 Å². The number of anilines is 2. The third kappa shape index (κ3) is 5.49. The predicted molar refractivity (Wildman–Crippen MR) is 128 cm³/mol. The Hall–Kier alpha value is -3.28. The second kappa shape index (κ2) is 10.4. The summed E-state index contributed by atoms with van der Waals surface area (Å²) in [5.74, 6) is 3.21. The van der Waals surface area contributed by atoms with Crippen molar-refractivity contribution in [2.75, 3.05) is 48.7 Å². The van der Waals surface area contributed by atoms with Crippen molar-refractivity contribution in [1.82, 2.24) is 15.1 Å². The Kier molecular flexibility index (Phi) is 7.10. The number of amides is 1. The first-order valence-corrected chi connectivity index (χ1v) is 11.4. The number of carbonyl (C=O) groups is 1. The average Bonchev–Trinajstić information content (AvgIpc) is 3.28. The van der Waals surface area contributed by atoms with Gasteiger partial charge in [0.2, 0.25) is 11.8 Å². The minimum atomic E-state index is -0.122. The van der Waals surface area contributed by atoms with Crippen LogP contribution < -0.4 is 10.2 Å². The van der Waals surface area contributed by atoms with Crippen molar-refractivity contribution in [3.05, 3.63) is 54.1 Å². The number of piperazine rings is 1. The van der Waals surface area contributed by atoms with Crippen LogP contribution in [0.4, 0.5) is 11.4 Å². The Morgan fingerprint density at radius 3 is 2.75 bits per heavy atom. The number of nitrogens with one attached hydrogen (secondary N) is 1. The van der Waals surface area contributed by atoms with Crippen molar-refractivity contribution in [3.63, 3.8) is 0 Å². The Balaban J connectivity index is 1.34. The van der Waals surface area contributed by atoms with E-state index in [2.05, 4.69) is 31.2 Å². The van der Waals surface area contributed by atoms with Crippen LogP contribution in [0.25, 0.3) is 11.5 Å². The molecule has 0 saturated carbocycles. The van der Waals surface area contributed by atoms with Gasteiger partial charge in [-0.15, -0.1) is 16.6 Å². The minimum absolute atomic E-state index is 0.122. The quantitative estimate of drug-likeness (QED) is 0.439. The number of thioether (sulfide) groups is 1. The van der Waals surface area contributed by atoms with Gasteiger partial charge in [-0.3, -0.25) is 9.69 Å². The molecule has 0 bridgehead atoms. The number of terminal acetylenes is 1. The lowest BCUT2D eigenvalue weighted by molar-refractivity contribution is -0.113. The second-order valence-corrected chi connectivity index (χ2v) is 8.49. The van der Waals surface area contributed by atoms with Gasteiger partial charge in [0.05, 0.1) is 23.7 Å². The van der Waals surface area contributed by atoms with Crippen LogP contribution in [0.1, 0.15) is 5.56 Å². The minimum Gasteiger partial charge on any atom is -0.411 e. The summed E-state index contributed by atoms with van der Waals surface area (Å²) in [5.41, 5.74) is 3.80. The summed E-state index contributed by atoms with van der Waals surface area (Å²) in [6, 6.07) is 15.7. The maximum absolute atomic E-state index is 12.6. The summed E-state index contributed by atoms with van der Waals surface area (Å²) in [6.07, 6.45) is 5.42. The highest BCUT2D eigenvalue weighted by molar-refractivity contribution is 7.99. The molecule has 8 heteroatoms. The molecule has 1 saturated heterocycles. The van der Waals surface area contributed by atoms with Gasteiger partial charge in [0.1, 0.15) is 0 Å². The Morgan fingerprint density at radius 1 is 1.16 bits per heavy atom. The first-order valence-electron chi connectivity index (χ1n) is 10.5. The monoisotopic (exact) mass is 447 g/mol. The number of benzene rings is 2. The number of hydrogen-bond acceptors (Lipinski definition) is 7. The van der Waals surface area contributed by atoms with Crippen molar-refractivity contribution < 1.29 is 9.21 Å². The molecule has 0 aliphatic carbocycles. The van der Waals surface area contributed by atoms with Crippen molar-refractivity contribution in [1.29, 1.82) is 0 Å². The third-order valence-electron chi connectivity index (χ3n) is 5.20. The smallest absolute Gasteiger partial charge is 0.277 e. The van der Waals surface area contributed by atoms with Crippen molar-refractivity contribution in [3.8, 4) is 23.8 Å². The van der Waals surface area contributed by atoms with Gasteiger partial charge in [-0.2, -0.15) is 0 Å². The molecule has 164 valence electrons. The van der Waals surface area contributed by atoms with E-state index < -0.39 is 0 Å². The van der Waals surface area contributed by atoms with Gasteiger partial charge in [-0.25, -0.2) is 0 Å². The van der Waals surface area contributed by atoms with Crippen LogP contribution in [0.5, 0.6) is 0 Å². The molecule has 1 amide bonds. The fourth-order valence-corrected chi connectivity index (χ4v) is 4.17. The van der Waals surface area contributed by atoms with Crippen molar-refractivity contribution in [2.45, 2.75) is 12.1 Å². The molecule has 3 aromatic rings. The van der Waals surface area contributed by atoms with E-state index in [9.17, 15) is 4.79 Å². The molecule has 32 heavy (non-hydrogen) atoms. The van der Waals surface area contributed by atoms with Crippen LogP contribution in [-0.2, 0) is 4.79 Å². The van der Waals surface area contributed by atoms with E-state index >= 15 is 0 Å². The maximum Gasteiger partial charge on any atom is 0.277 e. The lowest BCUT2D eigenvalue weighted by atomic mass is 10.1. The SMILES string of the molecule is C#CCN1CCN(c2ccccc2NC(=O)CSc2nnc(-c3cccc(C)c3)o2)CC1. The highest BCUT2D eigenvalue weighted by Crippen LogP contribution is 2.28. The molecule has 2 heterocycles. The zero-order valence-corrected chi connectivity index (χ0v) is 18.8. The van der Waals surface area contributed by atoms with Crippen LogP contribution in [0.15, 0.2) is 58.2 Å². The maximum atomic E-state index is 12.6. The zero-order chi connectivity index (χ0) is 22.3. The van der Waals surface area contributed by atoms with Gasteiger partial charge in [-0.05, 0) is 31.2 Å². The summed E-state index contributed by atoms with van der Waals surface area (Å²) in [7, 11) is 0. The fraction of sp³-hybridized carbons (Fsp3) is 0.292. The molecule has 1 aromatic heterocycles. The lowest BCUT2D eigenvalue weighted by Crippen LogP contribution is -2.46. The molecule has 2 aromatic carbocycles. The standard InChI is InChI=1S/C24H25N5O2S/c1-3-11-28-12-14-29(15-13-28)21-10-5-4-9-20(21)25-22(30)17-32-24-27-26-23(31-24)19-8-6-7-18(2)16-19/h1,4-10,16H,11-15,17H2,2H3,(H,25,30). The molecular formula is C24H25N5O2S. The highest BCUT2D eigenvalue weighted by atomic mass is 32.2. The molecule has 0 radical (unpaired) electrons. The van der Waals surface area contributed by atoms with Gasteiger partial charge in [0.15, 0.2) is 0 Å². The van der Waals surface area contributed by atoms with Gasteiger partial charge in [0.25, 0.3) is 5.22 Å². The van der Waals surface area contributed by atoms with E-state index in [1.807, 2.05) is 55.5 Å². The van der Waals surface area contributed by atoms with Crippen LogP contribution in [0.3, 0.4) is 0 Å². The second-order valence-electron chi connectivity index (χ2n) is 7.56. The average molecular weight is 448 g/mol. The normalized spacial score (nSPS) is 14.2. The van der Waals surface area contributed by atoms with Gasteiger partial charge in [-0.1, -0.05) is 47.5 Å². The molecule has 1 fully saturated rings.